The molecule has 2 heterocycles. The minimum Gasteiger partial charge on any atom is -0.490 e. The van der Waals surface area contributed by atoms with Crippen molar-refractivity contribution in [2.75, 3.05) is 0 Å². The maximum Gasteiger partial charge on any atom is 0.255 e. The number of nitrogens with zero attached hydrogens (tertiary/aromatic N) is 1. The van der Waals surface area contributed by atoms with Crippen LogP contribution in [-0.2, 0) is 16.1 Å². The summed E-state index contributed by atoms with van der Waals surface area (Å²) in [5.41, 5.74) is 1.91. The summed E-state index contributed by atoms with van der Waals surface area (Å²) in [5.74, 6) is 1.50. The van der Waals surface area contributed by atoms with Gasteiger partial charge in [0.25, 0.3) is 5.91 Å². The number of benzene rings is 1. The molecule has 5 rings (SSSR count). The second-order valence-corrected chi connectivity index (χ2v) is 10.1. The predicted molar refractivity (Wildman–Crippen MR) is 115 cm³/mol. The van der Waals surface area contributed by atoms with Crippen LogP contribution in [0.2, 0.25) is 0 Å². The van der Waals surface area contributed by atoms with E-state index in [-0.39, 0.29) is 30.2 Å². The fourth-order valence-corrected chi connectivity index (χ4v) is 5.82. The van der Waals surface area contributed by atoms with Gasteiger partial charge in [0, 0.05) is 23.9 Å². The first-order valence-electron chi connectivity index (χ1n) is 11.8. The van der Waals surface area contributed by atoms with E-state index < -0.39 is 6.04 Å². The number of ether oxygens (including phenoxy) is 1. The average Bonchev–Trinajstić information content (AvgIpc) is 3.46. The lowest BCUT2D eigenvalue weighted by molar-refractivity contribution is -0.136. The summed E-state index contributed by atoms with van der Waals surface area (Å²) in [6.07, 6.45) is 8.33. The van der Waals surface area contributed by atoms with Crippen LogP contribution in [0, 0.1) is 17.3 Å². The van der Waals surface area contributed by atoms with Gasteiger partial charge in [-0.1, -0.05) is 20.3 Å². The minimum absolute atomic E-state index is 0.135. The Morgan fingerprint density at radius 3 is 2.71 bits per heavy atom. The van der Waals surface area contributed by atoms with Gasteiger partial charge in [0.15, 0.2) is 0 Å². The number of piperidine rings is 1. The fraction of sp³-hybridized carbons (Fsp3) is 0.640. The zero-order valence-corrected chi connectivity index (χ0v) is 18.5. The quantitative estimate of drug-likeness (QED) is 0.729. The van der Waals surface area contributed by atoms with Crippen molar-refractivity contribution in [1.82, 2.24) is 10.2 Å². The second kappa shape index (κ2) is 7.64. The van der Waals surface area contributed by atoms with E-state index >= 15 is 0 Å². The molecule has 1 aromatic rings. The van der Waals surface area contributed by atoms with Gasteiger partial charge in [0.05, 0.1) is 0 Å². The highest BCUT2D eigenvalue weighted by Crippen LogP contribution is 2.59. The van der Waals surface area contributed by atoms with E-state index in [1.807, 2.05) is 18.2 Å². The first kappa shape index (κ1) is 20.5. The molecule has 4 atom stereocenters. The van der Waals surface area contributed by atoms with Gasteiger partial charge in [0.2, 0.25) is 11.8 Å². The van der Waals surface area contributed by atoms with Crippen molar-refractivity contribution in [1.29, 1.82) is 0 Å². The number of carbonyl (C=O) groups is 3. The van der Waals surface area contributed by atoms with Gasteiger partial charge in [-0.15, -0.1) is 0 Å². The third kappa shape index (κ3) is 3.64. The van der Waals surface area contributed by atoms with Crippen molar-refractivity contribution in [2.24, 2.45) is 17.3 Å². The van der Waals surface area contributed by atoms with E-state index in [0.29, 0.717) is 23.9 Å². The molecule has 1 spiro atoms. The van der Waals surface area contributed by atoms with E-state index in [0.717, 1.165) is 29.6 Å². The van der Waals surface area contributed by atoms with Crippen molar-refractivity contribution >= 4 is 17.7 Å². The molecule has 6 nitrogen and oxygen atoms in total. The van der Waals surface area contributed by atoms with Gasteiger partial charge in [-0.25, -0.2) is 0 Å². The normalized spacial score (nSPS) is 30.2. The van der Waals surface area contributed by atoms with Gasteiger partial charge in [-0.05, 0) is 74.1 Å². The molecule has 1 aromatic carbocycles. The summed E-state index contributed by atoms with van der Waals surface area (Å²) in [6, 6.07) is 5.16. The highest BCUT2D eigenvalue weighted by atomic mass is 16.5. The molecule has 2 aliphatic heterocycles. The fourth-order valence-electron chi connectivity index (χ4n) is 5.82. The van der Waals surface area contributed by atoms with Crippen LogP contribution < -0.4 is 10.1 Å². The van der Waals surface area contributed by atoms with Crippen LogP contribution in [0.1, 0.15) is 81.1 Å². The standard InChI is InChI=1S/C25H32N2O4/c1-3-15(2)16-8-9-25(10-11-25)21(13-16)31-18-4-5-19-17(12-18)14-27(24(19)30)20-6-7-22(28)26-23(20)29/h4-5,12,15-16,20-21H,3,6-11,13-14H2,1-2H3,(H,26,28,29)/t15-,16?,20?,21-/m0/s1. The molecule has 1 N–H and O–H groups in total. The molecule has 0 bridgehead atoms. The van der Waals surface area contributed by atoms with E-state index in [1.54, 1.807) is 4.90 Å². The van der Waals surface area contributed by atoms with Crippen LogP contribution in [0.3, 0.4) is 0 Å². The number of imide groups is 1. The van der Waals surface area contributed by atoms with Crippen LogP contribution in [0.4, 0.5) is 0 Å². The maximum absolute atomic E-state index is 12.9. The Morgan fingerprint density at radius 1 is 1.19 bits per heavy atom. The predicted octanol–water partition coefficient (Wildman–Crippen LogP) is 3.82. The smallest absolute Gasteiger partial charge is 0.255 e. The lowest BCUT2D eigenvalue weighted by atomic mass is 9.72. The topological polar surface area (TPSA) is 75.7 Å². The van der Waals surface area contributed by atoms with Gasteiger partial charge >= 0.3 is 0 Å². The summed E-state index contributed by atoms with van der Waals surface area (Å²) in [5, 5.41) is 2.36. The molecule has 3 fully saturated rings. The van der Waals surface area contributed by atoms with Gasteiger partial charge in [0.1, 0.15) is 17.9 Å². The van der Waals surface area contributed by atoms with Gasteiger partial charge in [-0.3, -0.25) is 19.7 Å². The van der Waals surface area contributed by atoms with Crippen molar-refractivity contribution in [3.05, 3.63) is 29.3 Å². The molecule has 2 saturated carbocycles. The third-order valence-electron chi connectivity index (χ3n) is 8.33. The lowest BCUT2D eigenvalue weighted by Crippen LogP contribution is -2.52. The number of fused-ring (bicyclic) bond motifs is 1. The molecule has 2 unspecified atom stereocenters. The highest BCUT2D eigenvalue weighted by Gasteiger charge is 2.54. The summed E-state index contributed by atoms with van der Waals surface area (Å²) in [6.45, 7) is 5.02. The molecule has 31 heavy (non-hydrogen) atoms. The van der Waals surface area contributed by atoms with Gasteiger partial charge < -0.3 is 9.64 Å². The Bertz CT molecular complexity index is 922. The Labute approximate surface area is 183 Å². The van der Waals surface area contributed by atoms with E-state index in [1.165, 1.54) is 32.1 Å². The maximum atomic E-state index is 12.9. The third-order valence-corrected chi connectivity index (χ3v) is 8.33. The van der Waals surface area contributed by atoms with Crippen molar-refractivity contribution in [3.63, 3.8) is 0 Å². The molecular weight excluding hydrogens is 392 g/mol. The monoisotopic (exact) mass is 424 g/mol. The SMILES string of the molecule is CC[C@H](C)C1CCC2(CC2)[C@@H](Oc2ccc3c(c2)CN(C2CCC(=O)NC2=O)C3=O)C1. The summed E-state index contributed by atoms with van der Waals surface area (Å²) in [7, 11) is 0. The Hall–Kier alpha value is -2.37. The number of hydrogen-bond acceptors (Lipinski definition) is 4. The number of rotatable bonds is 5. The lowest BCUT2D eigenvalue weighted by Gasteiger charge is -2.39. The first-order chi connectivity index (χ1) is 14.9. The van der Waals surface area contributed by atoms with Crippen molar-refractivity contribution < 1.29 is 19.1 Å². The zero-order chi connectivity index (χ0) is 21.8. The molecule has 6 heteroatoms. The van der Waals surface area contributed by atoms with E-state index in [2.05, 4.69) is 19.2 Å². The second-order valence-electron chi connectivity index (χ2n) is 10.1. The number of hydrogen-bond donors (Lipinski definition) is 1. The molecule has 0 aromatic heterocycles. The Morgan fingerprint density at radius 2 is 2.00 bits per heavy atom. The van der Waals surface area contributed by atoms with Crippen LogP contribution >= 0.6 is 0 Å². The number of amides is 3. The molecule has 3 amide bonds. The first-order valence-corrected chi connectivity index (χ1v) is 11.8. The zero-order valence-electron chi connectivity index (χ0n) is 18.5. The molecule has 2 aliphatic carbocycles. The van der Waals surface area contributed by atoms with Gasteiger partial charge in [-0.2, -0.15) is 0 Å². The van der Waals surface area contributed by atoms with Crippen LogP contribution in [-0.4, -0.2) is 34.8 Å². The van der Waals surface area contributed by atoms with E-state index in [9.17, 15) is 14.4 Å². The van der Waals surface area contributed by atoms with Crippen molar-refractivity contribution in [3.8, 4) is 5.75 Å². The molecule has 166 valence electrons. The average molecular weight is 425 g/mol. The minimum atomic E-state index is -0.577. The number of carbonyl (C=O) groups excluding carboxylic acids is 3. The largest absolute Gasteiger partial charge is 0.490 e. The summed E-state index contributed by atoms with van der Waals surface area (Å²) < 4.78 is 6.58. The highest BCUT2D eigenvalue weighted by molar-refractivity contribution is 6.05. The molecule has 0 radical (unpaired) electrons. The van der Waals surface area contributed by atoms with Crippen LogP contribution in [0.25, 0.3) is 0 Å². The molecule has 1 saturated heterocycles. The summed E-state index contributed by atoms with van der Waals surface area (Å²) in [4.78, 5) is 38.2. The molecular formula is C25H32N2O4. The van der Waals surface area contributed by atoms with Crippen molar-refractivity contribution in [2.45, 2.75) is 83.9 Å². The number of nitrogens with one attached hydrogen (secondary N) is 1. The van der Waals surface area contributed by atoms with Crippen LogP contribution in [0.15, 0.2) is 18.2 Å². The Balaban J connectivity index is 1.31. The molecule has 4 aliphatic rings. The van der Waals surface area contributed by atoms with Crippen LogP contribution in [0.5, 0.6) is 5.75 Å². The Kier molecular flexibility index (Phi) is 5.06. The van der Waals surface area contributed by atoms with E-state index in [4.69, 9.17) is 4.74 Å². The summed E-state index contributed by atoms with van der Waals surface area (Å²) >= 11 is 0.